The molecule has 0 saturated heterocycles. The molecule has 0 aliphatic rings. The fourth-order valence-corrected chi connectivity index (χ4v) is 3.31. The van der Waals surface area contributed by atoms with Gasteiger partial charge in [0.25, 0.3) is 0 Å². The Kier molecular flexibility index (Phi) is 3.41. The van der Waals surface area contributed by atoms with Crippen molar-refractivity contribution in [3.63, 3.8) is 0 Å². The van der Waals surface area contributed by atoms with Gasteiger partial charge < -0.3 is 0 Å². The minimum atomic E-state index is 0.992. The highest BCUT2D eigenvalue weighted by Crippen LogP contribution is 2.30. The molecule has 2 aromatic heterocycles. The normalized spacial score (nSPS) is 11.0. The first-order chi connectivity index (χ1) is 6.81. The summed E-state index contributed by atoms with van der Waals surface area (Å²) in [4.78, 5) is 10.9. The van der Waals surface area contributed by atoms with E-state index in [4.69, 9.17) is 0 Å². The molecule has 0 aromatic carbocycles. The molecule has 2 rings (SSSR count). The van der Waals surface area contributed by atoms with Crippen molar-refractivity contribution in [2.45, 2.75) is 11.9 Å². The number of rotatable bonds is 3. The van der Waals surface area contributed by atoms with E-state index in [9.17, 15) is 0 Å². The highest BCUT2D eigenvalue weighted by molar-refractivity contribution is 9.09. The minimum absolute atomic E-state index is 0.992. The Bertz CT molecular complexity index is 441. The molecule has 0 unspecified atom stereocenters. The van der Waals surface area contributed by atoms with Crippen LogP contribution in [0.4, 0.5) is 0 Å². The van der Waals surface area contributed by atoms with Crippen molar-refractivity contribution in [3.8, 4) is 0 Å². The number of halogens is 1. The fourth-order valence-electron chi connectivity index (χ4n) is 1.20. The van der Waals surface area contributed by atoms with Crippen LogP contribution < -0.4 is 0 Å². The summed E-state index contributed by atoms with van der Waals surface area (Å²) in [6.45, 7) is 2.10. The highest BCUT2D eigenvalue weighted by atomic mass is 79.9. The van der Waals surface area contributed by atoms with Gasteiger partial charge in [-0.2, -0.15) is 0 Å². The molecule has 14 heavy (non-hydrogen) atoms. The van der Waals surface area contributed by atoms with Crippen LogP contribution in [0.15, 0.2) is 17.4 Å². The van der Waals surface area contributed by atoms with Crippen LogP contribution in [0.2, 0.25) is 0 Å². The lowest BCUT2D eigenvalue weighted by molar-refractivity contribution is 1.11. The lowest BCUT2D eigenvalue weighted by Crippen LogP contribution is -1.85. The standard InChI is InChI=1S/C9H9BrN2S2/c1-6-4-7-8(13-3-2-10)11-5-12-9(7)14-6/h4-5H,2-3H2,1H3. The minimum Gasteiger partial charge on any atom is -0.229 e. The van der Waals surface area contributed by atoms with Crippen LogP contribution in [0.3, 0.4) is 0 Å². The molecule has 2 nitrogen and oxygen atoms in total. The fraction of sp³-hybridized carbons (Fsp3) is 0.333. The average Bonchev–Trinajstić information content (AvgIpc) is 2.55. The smallest absolute Gasteiger partial charge is 0.128 e. The number of aromatic nitrogens is 2. The molecule has 0 aliphatic heterocycles. The molecule has 0 fully saturated rings. The van der Waals surface area contributed by atoms with Crippen LogP contribution in [0.5, 0.6) is 0 Å². The first-order valence-electron chi connectivity index (χ1n) is 4.21. The number of alkyl halides is 1. The lowest BCUT2D eigenvalue weighted by atomic mass is 10.4. The number of thioether (sulfide) groups is 1. The molecule has 5 heteroatoms. The number of aryl methyl sites for hydroxylation is 1. The second-order valence-corrected chi connectivity index (χ2v) is 5.90. The van der Waals surface area contributed by atoms with E-state index in [2.05, 4.69) is 38.9 Å². The van der Waals surface area contributed by atoms with Crippen molar-refractivity contribution in [2.75, 3.05) is 11.1 Å². The average molecular weight is 289 g/mol. The van der Waals surface area contributed by atoms with Crippen LogP contribution in [0, 0.1) is 6.92 Å². The van der Waals surface area contributed by atoms with Gasteiger partial charge in [0.15, 0.2) is 0 Å². The SMILES string of the molecule is Cc1cc2c(SCCBr)ncnc2s1. The Morgan fingerprint density at radius 3 is 3.14 bits per heavy atom. The Hall–Kier alpha value is -0.130. The third kappa shape index (κ3) is 2.10. The lowest BCUT2D eigenvalue weighted by Gasteiger charge is -1.98. The number of hydrogen-bond acceptors (Lipinski definition) is 4. The summed E-state index contributed by atoms with van der Waals surface area (Å²) >= 11 is 6.91. The zero-order valence-electron chi connectivity index (χ0n) is 7.66. The molecular weight excluding hydrogens is 280 g/mol. The molecule has 0 aliphatic carbocycles. The second-order valence-electron chi connectivity index (χ2n) is 2.79. The number of thiophene rings is 1. The second kappa shape index (κ2) is 4.59. The van der Waals surface area contributed by atoms with E-state index in [1.807, 2.05) is 0 Å². The van der Waals surface area contributed by atoms with Crippen molar-refractivity contribution in [3.05, 3.63) is 17.3 Å². The molecule has 0 spiro atoms. The molecule has 0 N–H and O–H groups in total. The van der Waals surface area contributed by atoms with Gasteiger partial charge in [-0.1, -0.05) is 15.9 Å². The zero-order valence-corrected chi connectivity index (χ0v) is 10.9. The number of fused-ring (bicyclic) bond motifs is 1. The Morgan fingerprint density at radius 1 is 1.50 bits per heavy atom. The van der Waals surface area contributed by atoms with E-state index in [0.717, 1.165) is 20.9 Å². The van der Waals surface area contributed by atoms with Gasteiger partial charge in [0.2, 0.25) is 0 Å². The summed E-state index contributed by atoms with van der Waals surface area (Å²) in [5, 5.41) is 3.28. The van der Waals surface area contributed by atoms with E-state index >= 15 is 0 Å². The van der Waals surface area contributed by atoms with Gasteiger partial charge >= 0.3 is 0 Å². The summed E-state index contributed by atoms with van der Waals surface area (Å²) in [7, 11) is 0. The first-order valence-corrected chi connectivity index (χ1v) is 7.13. The molecule has 0 radical (unpaired) electrons. The van der Waals surface area contributed by atoms with E-state index in [1.54, 1.807) is 29.4 Å². The van der Waals surface area contributed by atoms with Crippen LogP contribution >= 0.6 is 39.0 Å². The van der Waals surface area contributed by atoms with Gasteiger partial charge in [-0.3, -0.25) is 0 Å². The molecular formula is C9H9BrN2S2. The number of nitrogens with zero attached hydrogens (tertiary/aromatic N) is 2. The summed E-state index contributed by atoms with van der Waals surface area (Å²) in [5.41, 5.74) is 0. The molecule has 0 atom stereocenters. The Balaban J connectivity index is 2.42. The topological polar surface area (TPSA) is 25.8 Å². The van der Waals surface area contributed by atoms with Crippen LogP contribution in [-0.4, -0.2) is 21.1 Å². The molecule has 2 heterocycles. The van der Waals surface area contributed by atoms with Crippen LogP contribution in [-0.2, 0) is 0 Å². The quantitative estimate of drug-likeness (QED) is 0.491. The van der Waals surface area contributed by atoms with E-state index in [0.29, 0.717) is 0 Å². The monoisotopic (exact) mass is 288 g/mol. The maximum atomic E-state index is 4.30. The van der Waals surface area contributed by atoms with Crippen molar-refractivity contribution in [2.24, 2.45) is 0 Å². The summed E-state index contributed by atoms with van der Waals surface area (Å²) < 4.78 is 0. The third-order valence-electron chi connectivity index (χ3n) is 1.73. The molecule has 0 bridgehead atoms. The Morgan fingerprint density at radius 2 is 2.36 bits per heavy atom. The Labute approximate surface area is 99.3 Å². The predicted octanol–water partition coefficient (Wildman–Crippen LogP) is 3.49. The van der Waals surface area contributed by atoms with E-state index in [-0.39, 0.29) is 0 Å². The van der Waals surface area contributed by atoms with Crippen LogP contribution in [0.1, 0.15) is 4.88 Å². The van der Waals surface area contributed by atoms with Crippen molar-refractivity contribution >= 4 is 49.2 Å². The molecule has 74 valence electrons. The van der Waals surface area contributed by atoms with Gasteiger partial charge in [0.1, 0.15) is 16.2 Å². The summed E-state index contributed by atoms with van der Waals surface area (Å²) in [6.07, 6.45) is 1.65. The van der Waals surface area contributed by atoms with E-state index < -0.39 is 0 Å². The molecule has 0 saturated carbocycles. The van der Waals surface area contributed by atoms with Gasteiger partial charge in [0.05, 0.1) is 0 Å². The predicted molar refractivity (Wildman–Crippen MR) is 66.7 cm³/mol. The van der Waals surface area contributed by atoms with Gasteiger partial charge in [-0.05, 0) is 13.0 Å². The maximum Gasteiger partial charge on any atom is 0.128 e. The van der Waals surface area contributed by atoms with Gasteiger partial charge in [-0.15, -0.1) is 23.1 Å². The van der Waals surface area contributed by atoms with Crippen molar-refractivity contribution < 1.29 is 0 Å². The summed E-state index contributed by atoms with van der Waals surface area (Å²) in [5.74, 6) is 1.04. The van der Waals surface area contributed by atoms with Crippen LogP contribution in [0.25, 0.3) is 10.2 Å². The van der Waals surface area contributed by atoms with Crippen molar-refractivity contribution in [1.29, 1.82) is 0 Å². The van der Waals surface area contributed by atoms with Crippen molar-refractivity contribution in [1.82, 2.24) is 9.97 Å². The first kappa shape index (κ1) is 10.4. The third-order valence-corrected chi connectivity index (χ3v) is 4.62. The zero-order chi connectivity index (χ0) is 9.97. The van der Waals surface area contributed by atoms with Gasteiger partial charge in [0, 0.05) is 21.3 Å². The maximum absolute atomic E-state index is 4.30. The van der Waals surface area contributed by atoms with E-state index in [1.165, 1.54) is 10.3 Å². The highest BCUT2D eigenvalue weighted by Gasteiger charge is 2.06. The molecule has 2 aromatic rings. The molecule has 0 amide bonds. The number of hydrogen-bond donors (Lipinski definition) is 0. The largest absolute Gasteiger partial charge is 0.229 e. The summed E-state index contributed by atoms with van der Waals surface area (Å²) in [6, 6.07) is 2.16. The van der Waals surface area contributed by atoms with Gasteiger partial charge in [-0.25, -0.2) is 9.97 Å².